The van der Waals surface area contributed by atoms with Crippen molar-refractivity contribution >= 4 is 0 Å². The summed E-state index contributed by atoms with van der Waals surface area (Å²) in [5.41, 5.74) is 1.06. The molecular weight excluding hydrogens is 140 g/mol. The summed E-state index contributed by atoms with van der Waals surface area (Å²) >= 11 is 0. The van der Waals surface area contributed by atoms with Crippen molar-refractivity contribution in [3.63, 3.8) is 0 Å². The number of nitrogens with one attached hydrogen (secondary N) is 2. The number of rotatable bonds is 1. The average Bonchev–Trinajstić information content (AvgIpc) is 2.33. The van der Waals surface area contributed by atoms with E-state index in [2.05, 4.69) is 17.1 Å². The Morgan fingerprint density at radius 3 is 2.64 bits per heavy atom. The minimum Gasteiger partial charge on any atom is -0.302 e. The van der Waals surface area contributed by atoms with Crippen LogP contribution in [0.15, 0.2) is 10.9 Å². The molecule has 1 aromatic rings. The molecule has 0 bridgehead atoms. The summed E-state index contributed by atoms with van der Waals surface area (Å²) in [6, 6.07) is 1.67. The Morgan fingerprint density at radius 1 is 1.45 bits per heavy atom. The van der Waals surface area contributed by atoms with Crippen LogP contribution in [0, 0.1) is 5.92 Å². The molecule has 0 radical (unpaired) electrons. The third kappa shape index (κ3) is 1.00. The maximum Gasteiger partial charge on any atom is 0.264 e. The first-order valence-corrected chi connectivity index (χ1v) is 4.05. The molecule has 1 aromatic heterocycles. The number of hydrogen-bond acceptors (Lipinski definition) is 1. The zero-order valence-corrected chi connectivity index (χ0v) is 6.55. The van der Waals surface area contributed by atoms with E-state index in [1.807, 2.05) is 0 Å². The number of H-pyrrole nitrogens is 2. The molecule has 0 unspecified atom stereocenters. The van der Waals surface area contributed by atoms with Crippen molar-refractivity contribution in [2.75, 3.05) is 0 Å². The number of aromatic nitrogens is 2. The van der Waals surface area contributed by atoms with E-state index in [1.165, 1.54) is 12.8 Å². The molecule has 1 aliphatic carbocycles. The van der Waals surface area contributed by atoms with Crippen LogP contribution in [0.25, 0.3) is 0 Å². The fourth-order valence-electron chi connectivity index (χ4n) is 1.68. The first-order chi connectivity index (χ1) is 5.27. The lowest BCUT2D eigenvalue weighted by molar-refractivity contribution is 0.274. The standard InChI is InChI=1S/C8H12N2O/c1-5-2-3-6(5)7-4-8(11)10-9-7/h4-6H,2-3H2,1H3,(H2,9,10,11)/t5-,6+/m0/s1. The fourth-order valence-corrected chi connectivity index (χ4v) is 1.68. The first-order valence-electron chi connectivity index (χ1n) is 4.05. The summed E-state index contributed by atoms with van der Waals surface area (Å²) in [5, 5.41) is 5.46. The summed E-state index contributed by atoms with van der Waals surface area (Å²) in [7, 11) is 0. The minimum absolute atomic E-state index is 0.0147. The molecule has 3 heteroatoms. The van der Waals surface area contributed by atoms with Gasteiger partial charge in [0.2, 0.25) is 0 Å². The summed E-state index contributed by atoms with van der Waals surface area (Å²) in [6.07, 6.45) is 2.51. The Hall–Kier alpha value is -0.990. The van der Waals surface area contributed by atoms with Gasteiger partial charge in [-0.1, -0.05) is 6.92 Å². The predicted molar refractivity (Wildman–Crippen MR) is 42.6 cm³/mol. The van der Waals surface area contributed by atoms with Gasteiger partial charge in [0.15, 0.2) is 0 Å². The number of aromatic amines is 2. The van der Waals surface area contributed by atoms with Crippen molar-refractivity contribution in [2.24, 2.45) is 5.92 Å². The molecule has 1 aliphatic rings. The average molecular weight is 152 g/mol. The van der Waals surface area contributed by atoms with Crippen LogP contribution < -0.4 is 5.56 Å². The quantitative estimate of drug-likeness (QED) is 0.624. The van der Waals surface area contributed by atoms with Gasteiger partial charge in [-0.05, 0) is 18.8 Å². The van der Waals surface area contributed by atoms with Gasteiger partial charge in [0, 0.05) is 17.7 Å². The highest BCUT2D eigenvalue weighted by Gasteiger charge is 2.29. The SMILES string of the molecule is C[C@H]1CC[C@H]1c1cc(=O)[nH][nH]1. The summed E-state index contributed by atoms with van der Waals surface area (Å²) < 4.78 is 0. The lowest BCUT2D eigenvalue weighted by Crippen LogP contribution is -2.20. The van der Waals surface area contributed by atoms with Gasteiger partial charge < -0.3 is 5.10 Å². The molecule has 0 amide bonds. The lowest BCUT2D eigenvalue weighted by Gasteiger charge is -2.32. The van der Waals surface area contributed by atoms with E-state index in [0.29, 0.717) is 5.92 Å². The van der Waals surface area contributed by atoms with Crippen LogP contribution in [-0.2, 0) is 0 Å². The summed E-state index contributed by atoms with van der Waals surface area (Å²) in [6.45, 7) is 2.22. The second-order valence-corrected chi connectivity index (χ2v) is 3.38. The molecule has 0 saturated heterocycles. The smallest absolute Gasteiger partial charge is 0.264 e. The Bertz CT molecular complexity index is 299. The van der Waals surface area contributed by atoms with E-state index in [-0.39, 0.29) is 5.56 Å². The Labute approximate surface area is 64.8 Å². The molecule has 2 N–H and O–H groups in total. The van der Waals surface area contributed by atoms with Crippen molar-refractivity contribution in [1.82, 2.24) is 10.2 Å². The van der Waals surface area contributed by atoms with Crippen molar-refractivity contribution in [3.05, 3.63) is 22.1 Å². The summed E-state index contributed by atoms with van der Waals surface area (Å²) in [4.78, 5) is 10.8. The molecule has 2 rings (SSSR count). The normalized spacial score (nSPS) is 29.9. The van der Waals surface area contributed by atoms with E-state index in [4.69, 9.17) is 0 Å². The third-order valence-electron chi connectivity index (χ3n) is 2.64. The van der Waals surface area contributed by atoms with Crippen LogP contribution in [0.1, 0.15) is 31.4 Å². The van der Waals surface area contributed by atoms with Crippen molar-refractivity contribution in [1.29, 1.82) is 0 Å². The second-order valence-electron chi connectivity index (χ2n) is 3.38. The summed E-state index contributed by atoms with van der Waals surface area (Å²) in [5.74, 6) is 1.33. The molecule has 0 aromatic carbocycles. The molecule has 0 spiro atoms. The Morgan fingerprint density at radius 2 is 2.27 bits per heavy atom. The highest BCUT2D eigenvalue weighted by Crippen LogP contribution is 2.40. The molecule has 1 fully saturated rings. The highest BCUT2D eigenvalue weighted by atomic mass is 16.1. The number of hydrogen-bond donors (Lipinski definition) is 2. The van der Waals surface area contributed by atoms with Gasteiger partial charge in [0.05, 0.1) is 0 Å². The van der Waals surface area contributed by atoms with Gasteiger partial charge >= 0.3 is 0 Å². The van der Waals surface area contributed by atoms with E-state index in [1.54, 1.807) is 6.07 Å². The third-order valence-corrected chi connectivity index (χ3v) is 2.64. The van der Waals surface area contributed by atoms with Crippen molar-refractivity contribution < 1.29 is 0 Å². The van der Waals surface area contributed by atoms with Crippen LogP contribution in [0.3, 0.4) is 0 Å². The van der Waals surface area contributed by atoms with Gasteiger partial charge in [-0.25, -0.2) is 0 Å². The monoisotopic (exact) mass is 152 g/mol. The van der Waals surface area contributed by atoms with Crippen molar-refractivity contribution in [2.45, 2.75) is 25.7 Å². The molecule has 0 aliphatic heterocycles. The van der Waals surface area contributed by atoms with Gasteiger partial charge in [-0.15, -0.1) is 0 Å². The highest BCUT2D eigenvalue weighted by molar-refractivity contribution is 5.10. The van der Waals surface area contributed by atoms with Gasteiger partial charge in [0.25, 0.3) is 5.56 Å². The largest absolute Gasteiger partial charge is 0.302 e. The Kier molecular flexibility index (Phi) is 1.37. The molecular formula is C8H12N2O. The van der Waals surface area contributed by atoms with E-state index < -0.39 is 0 Å². The molecule has 2 atom stereocenters. The van der Waals surface area contributed by atoms with Gasteiger partial charge in [-0.2, -0.15) is 0 Å². The zero-order valence-electron chi connectivity index (χ0n) is 6.55. The van der Waals surface area contributed by atoms with E-state index in [9.17, 15) is 4.79 Å². The van der Waals surface area contributed by atoms with Gasteiger partial charge in [0.1, 0.15) is 0 Å². The molecule has 3 nitrogen and oxygen atoms in total. The second kappa shape index (κ2) is 2.26. The van der Waals surface area contributed by atoms with E-state index in [0.717, 1.165) is 11.6 Å². The molecule has 11 heavy (non-hydrogen) atoms. The van der Waals surface area contributed by atoms with Crippen LogP contribution in [-0.4, -0.2) is 10.2 Å². The maximum atomic E-state index is 10.8. The zero-order chi connectivity index (χ0) is 7.84. The maximum absolute atomic E-state index is 10.8. The van der Waals surface area contributed by atoms with Crippen LogP contribution >= 0.6 is 0 Å². The minimum atomic E-state index is -0.0147. The van der Waals surface area contributed by atoms with Crippen molar-refractivity contribution in [3.8, 4) is 0 Å². The lowest BCUT2D eigenvalue weighted by atomic mass is 9.73. The van der Waals surface area contributed by atoms with Crippen LogP contribution in [0.4, 0.5) is 0 Å². The Balaban J connectivity index is 2.23. The molecule has 1 heterocycles. The molecule has 1 saturated carbocycles. The van der Waals surface area contributed by atoms with Crippen LogP contribution in [0.5, 0.6) is 0 Å². The predicted octanol–water partition coefficient (Wildman–Crippen LogP) is 1.22. The first kappa shape index (κ1) is 6.70. The molecule has 60 valence electrons. The topological polar surface area (TPSA) is 48.6 Å². The van der Waals surface area contributed by atoms with Crippen LogP contribution in [0.2, 0.25) is 0 Å². The van der Waals surface area contributed by atoms with E-state index >= 15 is 0 Å². The van der Waals surface area contributed by atoms with Gasteiger partial charge in [-0.3, -0.25) is 9.89 Å². The fraction of sp³-hybridized carbons (Fsp3) is 0.625.